The van der Waals surface area contributed by atoms with E-state index in [0.29, 0.717) is 5.92 Å². The van der Waals surface area contributed by atoms with E-state index in [4.69, 9.17) is 4.98 Å². The van der Waals surface area contributed by atoms with Gasteiger partial charge in [-0.2, -0.15) is 0 Å². The van der Waals surface area contributed by atoms with E-state index in [0.717, 1.165) is 36.1 Å². The van der Waals surface area contributed by atoms with Gasteiger partial charge < -0.3 is 4.57 Å². The van der Waals surface area contributed by atoms with Crippen molar-refractivity contribution < 1.29 is 0 Å². The summed E-state index contributed by atoms with van der Waals surface area (Å²) in [5, 5.41) is 0. The maximum absolute atomic E-state index is 4.96. The normalized spacial score (nSPS) is 14.8. The molecule has 0 fully saturated rings. The summed E-state index contributed by atoms with van der Waals surface area (Å²) in [6.45, 7) is 35.1. The summed E-state index contributed by atoms with van der Waals surface area (Å²) in [5.74, 6) is 3.13. The van der Waals surface area contributed by atoms with Crippen molar-refractivity contribution in [2.45, 2.75) is 136 Å². The SMILES string of the molecule is CC.CC.CC(C)C.CC(C)C1=CC(c2ccccc2)=CCC1(C)n1ccnc1-c1cccc(-c2ccc(-c3ccccc3)cc2CC(C)(C)C)c1.CCC(C)C. The Balaban J connectivity index is 0.000000762. The van der Waals surface area contributed by atoms with Gasteiger partial charge in [0.1, 0.15) is 5.82 Å². The molecule has 2 heteroatoms. The summed E-state index contributed by atoms with van der Waals surface area (Å²) in [6.07, 6.45) is 12.2. The van der Waals surface area contributed by atoms with E-state index in [1.165, 1.54) is 50.9 Å². The van der Waals surface area contributed by atoms with Crippen LogP contribution in [0.4, 0.5) is 0 Å². The van der Waals surface area contributed by atoms with Gasteiger partial charge in [0.2, 0.25) is 0 Å². The van der Waals surface area contributed by atoms with Crippen LogP contribution in [0.1, 0.15) is 135 Å². The number of imidazole rings is 1. The van der Waals surface area contributed by atoms with Gasteiger partial charge in [-0.15, -0.1) is 0 Å². The zero-order valence-electron chi connectivity index (χ0n) is 38.9. The van der Waals surface area contributed by atoms with Crippen LogP contribution in [0, 0.1) is 23.2 Å². The highest BCUT2D eigenvalue weighted by Crippen LogP contribution is 2.43. The Kier molecular flexibility index (Phi) is 20.3. The average Bonchev–Trinajstić information content (AvgIpc) is 3.71. The maximum Gasteiger partial charge on any atom is 0.140 e. The lowest BCUT2D eigenvalue weighted by atomic mass is 9.76. The van der Waals surface area contributed by atoms with Crippen LogP contribution in [0.25, 0.3) is 39.2 Å². The molecule has 0 spiro atoms. The minimum atomic E-state index is -0.205. The summed E-state index contributed by atoms with van der Waals surface area (Å²) in [6, 6.07) is 37.4. The van der Waals surface area contributed by atoms with Gasteiger partial charge in [0.15, 0.2) is 0 Å². The fraction of sp³-hybridized carbons (Fsp3) is 0.436. The standard InChI is InChI=1S/C42H44N2.C5H12.C4H10.2C2H6/c1-30(2)39-28-34(32-16-11-8-12-17-32)22-23-42(39,6)44-25-24-43-40(44)36-19-13-18-35(27-36)38-21-20-33(31-14-9-7-10-15-31)26-37(38)29-41(3,4)5;1-4-5(2)3;1-4(2)3;2*1-2/h7-22,24-28,30H,23,29H2,1-6H3;5H,4H2,1-3H3;4H,1-3H3;2*1-2H3. The molecule has 0 aliphatic heterocycles. The fourth-order valence-corrected chi connectivity index (χ4v) is 6.81. The van der Waals surface area contributed by atoms with E-state index < -0.39 is 0 Å². The zero-order chi connectivity index (χ0) is 42.8. The molecule has 4 aromatic carbocycles. The Bertz CT molecular complexity index is 1930. The van der Waals surface area contributed by atoms with Crippen molar-refractivity contribution in [2.24, 2.45) is 23.2 Å². The van der Waals surface area contributed by atoms with Gasteiger partial charge in [-0.3, -0.25) is 0 Å². The van der Waals surface area contributed by atoms with Gasteiger partial charge in [0.05, 0.1) is 5.54 Å². The molecule has 0 N–H and O–H groups in total. The number of hydrogen-bond acceptors (Lipinski definition) is 1. The number of benzene rings is 4. The van der Waals surface area contributed by atoms with E-state index in [9.17, 15) is 0 Å². The molecule has 1 aliphatic rings. The lowest BCUT2D eigenvalue weighted by Gasteiger charge is -2.39. The van der Waals surface area contributed by atoms with Crippen LogP contribution in [0.2, 0.25) is 0 Å². The molecule has 1 unspecified atom stereocenters. The first kappa shape index (κ1) is 48.7. The Hall–Kier alpha value is -4.43. The molecule has 1 aliphatic carbocycles. The van der Waals surface area contributed by atoms with E-state index in [2.05, 4.69) is 209 Å². The van der Waals surface area contributed by atoms with Crippen molar-refractivity contribution in [1.82, 2.24) is 9.55 Å². The molecule has 2 nitrogen and oxygen atoms in total. The van der Waals surface area contributed by atoms with Crippen LogP contribution in [0.15, 0.2) is 133 Å². The molecule has 57 heavy (non-hydrogen) atoms. The molecule has 1 heterocycles. The van der Waals surface area contributed by atoms with E-state index in [-0.39, 0.29) is 11.0 Å². The fourth-order valence-electron chi connectivity index (χ4n) is 6.81. The summed E-state index contributed by atoms with van der Waals surface area (Å²) < 4.78 is 2.41. The summed E-state index contributed by atoms with van der Waals surface area (Å²) in [4.78, 5) is 4.96. The first-order valence-corrected chi connectivity index (χ1v) is 21.9. The van der Waals surface area contributed by atoms with Crippen LogP contribution in [-0.4, -0.2) is 9.55 Å². The maximum atomic E-state index is 4.96. The van der Waals surface area contributed by atoms with Gasteiger partial charge in [-0.05, 0) is 93.5 Å². The van der Waals surface area contributed by atoms with Gasteiger partial charge in [-0.25, -0.2) is 4.98 Å². The van der Waals surface area contributed by atoms with Crippen molar-refractivity contribution in [3.05, 3.63) is 144 Å². The predicted octanol–water partition coefficient (Wildman–Crippen LogP) is 17.0. The highest BCUT2D eigenvalue weighted by Gasteiger charge is 2.36. The number of aromatic nitrogens is 2. The number of nitrogens with zero attached hydrogens (tertiary/aromatic N) is 2. The van der Waals surface area contributed by atoms with Crippen molar-refractivity contribution in [1.29, 1.82) is 0 Å². The predicted molar refractivity (Wildman–Crippen MR) is 256 cm³/mol. The van der Waals surface area contributed by atoms with Gasteiger partial charge >= 0.3 is 0 Å². The minimum Gasteiger partial charge on any atom is -0.321 e. The Morgan fingerprint density at radius 1 is 0.667 bits per heavy atom. The second-order valence-electron chi connectivity index (χ2n) is 17.5. The van der Waals surface area contributed by atoms with Crippen molar-refractivity contribution in [3.8, 4) is 33.6 Å². The molecule has 0 saturated heterocycles. The highest BCUT2D eigenvalue weighted by molar-refractivity contribution is 5.78. The van der Waals surface area contributed by atoms with Crippen LogP contribution >= 0.6 is 0 Å². The molecule has 0 saturated carbocycles. The molecule has 1 aromatic heterocycles. The van der Waals surface area contributed by atoms with Gasteiger partial charge in [0.25, 0.3) is 0 Å². The summed E-state index contributed by atoms with van der Waals surface area (Å²) >= 11 is 0. The molecule has 0 amide bonds. The van der Waals surface area contributed by atoms with E-state index >= 15 is 0 Å². The van der Waals surface area contributed by atoms with Crippen molar-refractivity contribution in [2.75, 3.05) is 0 Å². The van der Waals surface area contributed by atoms with Crippen LogP contribution < -0.4 is 0 Å². The first-order valence-electron chi connectivity index (χ1n) is 21.9. The monoisotopic (exact) mass is 767 g/mol. The average molecular weight is 767 g/mol. The highest BCUT2D eigenvalue weighted by atomic mass is 15.1. The van der Waals surface area contributed by atoms with E-state index in [1.54, 1.807) is 0 Å². The minimum absolute atomic E-state index is 0.166. The van der Waals surface area contributed by atoms with Crippen molar-refractivity contribution >= 4 is 5.57 Å². The van der Waals surface area contributed by atoms with Crippen LogP contribution in [0.5, 0.6) is 0 Å². The third kappa shape index (κ3) is 14.5. The number of hydrogen-bond donors (Lipinski definition) is 0. The Morgan fingerprint density at radius 2 is 1.19 bits per heavy atom. The molecule has 0 radical (unpaired) electrons. The largest absolute Gasteiger partial charge is 0.321 e. The Morgan fingerprint density at radius 3 is 1.72 bits per heavy atom. The topological polar surface area (TPSA) is 17.8 Å². The van der Waals surface area contributed by atoms with E-state index in [1.807, 2.05) is 33.9 Å². The third-order valence-corrected chi connectivity index (χ3v) is 9.74. The molecule has 308 valence electrons. The molecule has 6 rings (SSSR count). The number of rotatable bonds is 8. The second kappa shape index (κ2) is 23.7. The third-order valence-electron chi connectivity index (χ3n) is 9.74. The second-order valence-corrected chi connectivity index (χ2v) is 17.5. The smallest absolute Gasteiger partial charge is 0.140 e. The van der Waals surface area contributed by atoms with Crippen molar-refractivity contribution in [3.63, 3.8) is 0 Å². The summed E-state index contributed by atoms with van der Waals surface area (Å²) in [7, 11) is 0. The summed E-state index contributed by atoms with van der Waals surface area (Å²) in [5.41, 5.74) is 11.5. The molecule has 5 aromatic rings. The lowest BCUT2D eigenvalue weighted by Crippen LogP contribution is -2.35. The molecule has 0 bridgehead atoms. The van der Waals surface area contributed by atoms with Gasteiger partial charge in [0, 0.05) is 18.0 Å². The number of allylic oxidation sites excluding steroid dienone is 4. The molecular weight excluding hydrogens is 689 g/mol. The Labute approximate surface area is 350 Å². The quantitative estimate of drug-likeness (QED) is 0.154. The van der Waals surface area contributed by atoms with Gasteiger partial charge in [-0.1, -0.05) is 219 Å². The molecular formula is C55H78N2. The van der Waals surface area contributed by atoms with Crippen LogP contribution in [-0.2, 0) is 12.0 Å². The molecule has 1 atom stereocenters. The first-order chi connectivity index (χ1) is 27.1. The zero-order valence-corrected chi connectivity index (χ0v) is 38.9. The lowest BCUT2D eigenvalue weighted by molar-refractivity contribution is 0.357. The van der Waals surface area contributed by atoms with Crippen LogP contribution in [0.3, 0.4) is 0 Å².